The first-order valence-corrected chi connectivity index (χ1v) is 11.7. The maximum atomic E-state index is 12.9. The van der Waals surface area contributed by atoms with Gasteiger partial charge in [-0.15, -0.1) is 0 Å². The summed E-state index contributed by atoms with van der Waals surface area (Å²) in [6, 6.07) is 16.9. The first-order chi connectivity index (χ1) is 16.9. The summed E-state index contributed by atoms with van der Waals surface area (Å²) < 4.78 is 10.1. The Morgan fingerprint density at radius 1 is 1.06 bits per heavy atom. The number of ether oxygens (including phenoxy) is 2. The molecule has 1 aliphatic carbocycles. The molecule has 0 radical (unpaired) electrons. The van der Waals surface area contributed by atoms with Gasteiger partial charge in [0.2, 0.25) is 0 Å². The minimum absolute atomic E-state index is 0.0821. The van der Waals surface area contributed by atoms with Crippen LogP contribution in [-0.4, -0.2) is 61.6 Å². The van der Waals surface area contributed by atoms with Gasteiger partial charge >= 0.3 is 17.9 Å². The molecule has 2 aromatic carbocycles. The van der Waals surface area contributed by atoms with Crippen LogP contribution in [0.3, 0.4) is 0 Å². The molecule has 1 saturated heterocycles. The van der Waals surface area contributed by atoms with Crippen molar-refractivity contribution in [1.82, 2.24) is 15.5 Å². The predicted octanol–water partition coefficient (Wildman–Crippen LogP) is 2.40. The molecule has 2 fully saturated rings. The first-order valence-electron chi connectivity index (χ1n) is 11.7. The molecule has 35 heavy (non-hydrogen) atoms. The molecule has 2 aliphatic rings. The van der Waals surface area contributed by atoms with Crippen LogP contribution in [-0.2, 0) is 19.7 Å². The van der Waals surface area contributed by atoms with Gasteiger partial charge in [0.15, 0.2) is 0 Å². The third-order valence-electron chi connectivity index (χ3n) is 6.80. The van der Waals surface area contributed by atoms with Gasteiger partial charge in [0, 0.05) is 18.0 Å². The third kappa shape index (κ3) is 5.29. The van der Waals surface area contributed by atoms with Gasteiger partial charge in [-0.25, -0.2) is 9.69 Å². The molecule has 2 N–H and O–H groups in total. The summed E-state index contributed by atoms with van der Waals surface area (Å²) in [5.74, 6) is -1.39. The van der Waals surface area contributed by atoms with Gasteiger partial charge in [-0.05, 0) is 43.4 Å². The summed E-state index contributed by atoms with van der Waals surface area (Å²) in [4.78, 5) is 50.1. The molecule has 4 rings (SSSR count). The molecule has 0 aromatic heterocycles. The van der Waals surface area contributed by atoms with Gasteiger partial charge in [-0.1, -0.05) is 42.5 Å². The highest BCUT2D eigenvalue weighted by atomic mass is 16.6. The molecule has 1 saturated carbocycles. The van der Waals surface area contributed by atoms with E-state index in [2.05, 4.69) is 22.8 Å². The summed E-state index contributed by atoms with van der Waals surface area (Å²) in [7, 11) is 1.53. The number of amides is 4. The molecule has 9 nitrogen and oxygen atoms in total. The molecule has 0 unspecified atom stereocenters. The van der Waals surface area contributed by atoms with Gasteiger partial charge < -0.3 is 20.1 Å². The highest BCUT2D eigenvalue weighted by Crippen LogP contribution is 2.39. The Kier molecular flexibility index (Phi) is 7.33. The van der Waals surface area contributed by atoms with Crippen molar-refractivity contribution in [3.8, 4) is 5.75 Å². The Morgan fingerprint density at radius 2 is 1.74 bits per heavy atom. The van der Waals surface area contributed by atoms with Gasteiger partial charge in [-0.2, -0.15) is 0 Å². The van der Waals surface area contributed by atoms with Gasteiger partial charge in [0.25, 0.3) is 5.91 Å². The van der Waals surface area contributed by atoms with Crippen LogP contribution in [0.5, 0.6) is 5.75 Å². The monoisotopic (exact) mass is 479 g/mol. The SMILES string of the molecule is COc1ccccc1C(=O)NCC1(c2ccccc2)CCC(NC(=O)C(=O)N2CCOC2=O)CC1. The van der Waals surface area contributed by atoms with Crippen molar-refractivity contribution >= 4 is 23.8 Å². The topological polar surface area (TPSA) is 114 Å². The van der Waals surface area contributed by atoms with Gasteiger partial charge in [-0.3, -0.25) is 14.4 Å². The maximum absolute atomic E-state index is 12.9. The van der Waals surface area contributed by atoms with E-state index in [-0.39, 0.29) is 30.5 Å². The Labute approximate surface area is 203 Å². The number of nitrogens with zero attached hydrogens (tertiary/aromatic N) is 1. The number of hydrogen-bond acceptors (Lipinski definition) is 6. The Bertz CT molecular complexity index is 1100. The zero-order valence-corrected chi connectivity index (χ0v) is 19.6. The van der Waals surface area contributed by atoms with Crippen molar-refractivity contribution in [2.24, 2.45) is 0 Å². The van der Waals surface area contributed by atoms with E-state index < -0.39 is 17.9 Å². The fourth-order valence-electron chi connectivity index (χ4n) is 4.80. The van der Waals surface area contributed by atoms with E-state index >= 15 is 0 Å². The minimum Gasteiger partial charge on any atom is -0.496 e. The summed E-state index contributed by atoms with van der Waals surface area (Å²) in [6.45, 7) is 0.604. The Morgan fingerprint density at radius 3 is 2.40 bits per heavy atom. The number of benzene rings is 2. The van der Waals surface area contributed by atoms with Gasteiger partial charge in [0.05, 0.1) is 19.2 Å². The largest absolute Gasteiger partial charge is 0.496 e. The molecular formula is C26H29N3O6. The number of carbonyl (C=O) groups excluding carboxylic acids is 4. The third-order valence-corrected chi connectivity index (χ3v) is 6.80. The van der Waals surface area contributed by atoms with Crippen LogP contribution < -0.4 is 15.4 Å². The van der Waals surface area contributed by atoms with E-state index in [1.807, 2.05) is 24.3 Å². The fourth-order valence-corrected chi connectivity index (χ4v) is 4.80. The van der Waals surface area contributed by atoms with Crippen LogP contribution in [0.4, 0.5) is 4.79 Å². The highest BCUT2D eigenvalue weighted by Gasteiger charge is 2.39. The molecule has 2 aromatic rings. The van der Waals surface area contributed by atoms with Crippen LogP contribution in [0, 0.1) is 0 Å². The number of nitrogens with one attached hydrogen (secondary N) is 2. The quantitative estimate of drug-likeness (QED) is 0.615. The second kappa shape index (κ2) is 10.6. The van der Waals surface area contributed by atoms with E-state index in [4.69, 9.17) is 9.47 Å². The molecule has 4 amide bonds. The fraction of sp³-hybridized carbons (Fsp3) is 0.385. The first kappa shape index (κ1) is 24.3. The van der Waals surface area contributed by atoms with E-state index in [1.165, 1.54) is 7.11 Å². The van der Waals surface area contributed by atoms with E-state index in [0.29, 0.717) is 43.5 Å². The second-order valence-corrected chi connectivity index (χ2v) is 8.85. The molecule has 9 heteroatoms. The van der Waals surface area contributed by atoms with Crippen LogP contribution in [0.1, 0.15) is 41.6 Å². The van der Waals surface area contributed by atoms with Crippen LogP contribution in [0.25, 0.3) is 0 Å². The lowest BCUT2D eigenvalue weighted by Crippen LogP contribution is -2.50. The van der Waals surface area contributed by atoms with E-state index in [9.17, 15) is 19.2 Å². The molecular weight excluding hydrogens is 450 g/mol. The number of methoxy groups -OCH3 is 1. The lowest BCUT2D eigenvalue weighted by molar-refractivity contribution is -0.144. The smallest absolute Gasteiger partial charge is 0.417 e. The number of carbonyl (C=O) groups is 4. The zero-order chi connectivity index (χ0) is 24.8. The number of para-hydroxylation sites is 1. The normalized spacial score (nSPS) is 21.7. The molecule has 0 spiro atoms. The lowest BCUT2D eigenvalue weighted by atomic mass is 9.68. The molecule has 1 aliphatic heterocycles. The Hall–Kier alpha value is -3.88. The second-order valence-electron chi connectivity index (χ2n) is 8.85. The number of rotatable bonds is 6. The van der Waals surface area contributed by atoms with Crippen molar-refractivity contribution in [3.63, 3.8) is 0 Å². The van der Waals surface area contributed by atoms with Crippen molar-refractivity contribution in [3.05, 3.63) is 65.7 Å². The van der Waals surface area contributed by atoms with E-state index in [1.54, 1.807) is 18.2 Å². The van der Waals surface area contributed by atoms with Crippen LogP contribution in [0.2, 0.25) is 0 Å². The highest BCUT2D eigenvalue weighted by molar-refractivity contribution is 6.37. The van der Waals surface area contributed by atoms with Crippen LogP contribution >= 0.6 is 0 Å². The Balaban J connectivity index is 1.42. The average Bonchev–Trinajstić information content (AvgIpc) is 3.33. The number of hydrogen-bond donors (Lipinski definition) is 2. The molecule has 0 bridgehead atoms. The van der Waals surface area contributed by atoms with Crippen molar-refractivity contribution in [2.75, 3.05) is 26.8 Å². The molecule has 1 heterocycles. The van der Waals surface area contributed by atoms with Crippen molar-refractivity contribution in [1.29, 1.82) is 0 Å². The summed E-state index contributed by atoms with van der Waals surface area (Å²) >= 11 is 0. The minimum atomic E-state index is -0.892. The van der Waals surface area contributed by atoms with Crippen molar-refractivity contribution < 1.29 is 28.7 Å². The van der Waals surface area contributed by atoms with E-state index in [0.717, 1.165) is 10.5 Å². The zero-order valence-electron chi connectivity index (χ0n) is 19.6. The lowest BCUT2D eigenvalue weighted by Gasteiger charge is -2.41. The molecule has 0 atom stereocenters. The standard InChI is InChI=1S/C26H29N3O6/c1-34-21-10-6-5-9-20(21)22(30)27-17-26(18-7-3-2-4-8-18)13-11-19(12-14-26)28-23(31)24(32)29-15-16-35-25(29)33/h2-10,19H,11-17H2,1H3,(H,27,30)(H,28,31). The van der Waals surface area contributed by atoms with Crippen LogP contribution in [0.15, 0.2) is 54.6 Å². The van der Waals surface area contributed by atoms with Gasteiger partial charge in [0.1, 0.15) is 12.4 Å². The summed E-state index contributed by atoms with van der Waals surface area (Å²) in [5, 5.41) is 5.85. The maximum Gasteiger partial charge on any atom is 0.417 e. The summed E-state index contributed by atoms with van der Waals surface area (Å²) in [6.07, 6.45) is 1.87. The average molecular weight is 480 g/mol. The molecule has 184 valence electrons. The predicted molar refractivity (Wildman–Crippen MR) is 127 cm³/mol. The summed E-state index contributed by atoms with van der Waals surface area (Å²) in [5.41, 5.74) is 1.27. The van der Waals surface area contributed by atoms with Crippen molar-refractivity contribution in [2.45, 2.75) is 37.1 Å². The number of cyclic esters (lactones) is 1. The number of imide groups is 1.